The summed E-state index contributed by atoms with van der Waals surface area (Å²) in [6, 6.07) is 29.9. The van der Waals surface area contributed by atoms with Crippen molar-refractivity contribution in [3.63, 3.8) is 0 Å². The van der Waals surface area contributed by atoms with Crippen LogP contribution in [0.15, 0.2) is 102 Å². The molecule has 39 heavy (non-hydrogen) atoms. The average molecular weight is 515 g/mol. The van der Waals surface area contributed by atoms with Crippen LogP contribution in [0.25, 0.3) is 0 Å². The van der Waals surface area contributed by atoms with Crippen LogP contribution in [0.4, 0.5) is 11.4 Å². The molecule has 2 aliphatic rings. The molecular weight excluding hydrogens is 480 g/mol. The van der Waals surface area contributed by atoms with E-state index in [1.54, 1.807) is 7.11 Å². The van der Waals surface area contributed by atoms with Gasteiger partial charge in [0.05, 0.1) is 18.8 Å². The van der Waals surface area contributed by atoms with E-state index in [-0.39, 0.29) is 6.04 Å². The molecule has 0 saturated carbocycles. The Morgan fingerprint density at radius 3 is 2.46 bits per heavy atom. The third kappa shape index (κ3) is 5.33. The number of aliphatic imine (C=N–C) groups is 1. The summed E-state index contributed by atoms with van der Waals surface area (Å²) in [6.07, 6.45) is 7.70. The Hall–Kier alpha value is -4.31. The molecule has 0 bridgehead atoms. The zero-order valence-electron chi connectivity index (χ0n) is 22.7. The van der Waals surface area contributed by atoms with Gasteiger partial charge in [-0.05, 0) is 84.8 Å². The van der Waals surface area contributed by atoms with E-state index in [9.17, 15) is 0 Å². The van der Waals surface area contributed by atoms with Crippen LogP contribution in [0.1, 0.15) is 51.8 Å². The molecule has 0 amide bonds. The molecule has 0 unspecified atom stereocenters. The Bertz CT molecular complexity index is 1520. The van der Waals surface area contributed by atoms with Gasteiger partial charge in [0.1, 0.15) is 6.61 Å². The van der Waals surface area contributed by atoms with Crippen molar-refractivity contribution in [3.8, 4) is 11.5 Å². The predicted octanol–water partition coefficient (Wildman–Crippen LogP) is 8.47. The van der Waals surface area contributed by atoms with Gasteiger partial charge in [-0.15, -0.1) is 0 Å². The second-order valence-corrected chi connectivity index (χ2v) is 10.6. The first-order chi connectivity index (χ1) is 19.1. The molecule has 0 saturated heterocycles. The second-order valence-electron chi connectivity index (χ2n) is 10.6. The van der Waals surface area contributed by atoms with Crippen LogP contribution in [-0.2, 0) is 6.61 Å². The normalized spacial score (nSPS) is 19.4. The summed E-state index contributed by atoms with van der Waals surface area (Å²) >= 11 is 0. The van der Waals surface area contributed by atoms with Gasteiger partial charge < -0.3 is 14.8 Å². The van der Waals surface area contributed by atoms with Crippen LogP contribution < -0.4 is 14.8 Å². The van der Waals surface area contributed by atoms with Crippen LogP contribution in [0.5, 0.6) is 11.5 Å². The SMILES string of the molecule is COc1cc(C=Nc2ccc([C@@H]3Nc4ccc(C)cc4[C@@H]4C=CC[C@@H]43)cc2)ccc1OCc1ccc(C)cc1. The third-order valence-electron chi connectivity index (χ3n) is 7.84. The lowest BCUT2D eigenvalue weighted by molar-refractivity contribution is 0.284. The number of hydrogen-bond donors (Lipinski definition) is 1. The molecule has 4 heteroatoms. The first-order valence-electron chi connectivity index (χ1n) is 13.6. The number of nitrogens with zero attached hydrogens (tertiary/aromatic N) is 1. The summed E-state index contributed by atoms with van der Waals surface area (Å²) in [5.41, 5.74) is 9.53. The van der Waals surface area contributed by atoms with Crippen molar-refractivity contribution >= 4 is 17.6 Å². The Balaban J connectivity index is 1.14. The number of allylic oxidation sites excluding steroid dienone is 2. The summed E-state index contributed by atoms with van der Waals surface area (Å²) in [5.74, 6) is 2.42. The fourth-order valence-electron chi connectivity index (χ4n) is 5.69. The van der Waals surface area contributed by atoms with Crippen LogP contribution in [0.2, 0.25) is 0 Å². The molecule has 1 heterocycles. The minimum Gasteiger partial charge on any atom is -0.493 e. The van der Waals surface area contributed by atoms with Crippen LogP contribution >= 0.6 is 0 Å². The van der Waals surface area contributed by atoms with Crippen LogP contribution in [-0.4, -0.2) is 13.3 Å². The van der Waals surface area contributed by atoms with Crippen molar-refractivity contribution in [2.75, 3.05) is 12.4 Å². The highest BCUT2D eigenvalue weighted by atomic mass is 16.5. The second kappa shape index (κ2) is 10.8. The maximum atomic E-state index is 6.02. The van der Waals surface area contributed by atoms with Gasteiger partial charge in [0.15, 0.2) is 11.5 Å². The molecule has 1 N–H and O–H groups in total. The number of nitrogens with one attached hydrogen (secondary N) is 1. The molecule has 3 atom stereocenters. The zero-order valence-corrected chi connectivity index (χ0v) is 22.7. The first-order valence-corrected chi connectivity index (χ1v) is 13.6. The minimum atomic E-state index is 0.287. The molecule has 0 fully saturated rings. The van der Waals surface area contributed by atoms with Crippen molar-refractivity contribution in [2.24, 2.45) is 10.9 Å². The Labute approximate surface area is 231 Å². The molecule has 0 radical (unpaired) electrons. The van der Waals surface area contributed by atoms with E-state index in [4.69, 9.17) is 14.5 Å². The molecular formula is C35H34N2O2. The van der Waals surface area contributed by atoms with Crippen LogP contribution in [0, 0.1) is 19.8 Å². The predicted molar refractivity (Wildman–Crippen MR) is 160 cm³/mol. The quantitative estimate of drug-likeness (QED) is 0.199. The van der Waals surface area contributed by atoms with E-state index in [0.717, 1.165) is 29.0 Å². The highest BCUT2D eigenvalue weighted by Crippen LogP contribution is 2.50. The van der Waals surface area contributed by atoms with Gasteiger partial charge in [-0.25, -0.2) is 0 Å². The van der Waals surface area contributed by atoms with Crippen molar-refractivity contribution in [1.82, 2.24) is 0 Å². The van der Waals surface area contributed by atoms with E-state index in [2.05, 4.69) is 98.0 Å². The third-order valence-corrected chi connectivity index (χ3v) is 7.84. The number of rotatable bonds is 7. The highest BCUT2D eigenvalue weighted by Gasteiger charge is 2.37. The molecule has 0 spiro atoms. The largest absolute Gasteiger partial charge is 0.493 e. The molecule has 4 nitrogen and oxygen atoms in total. The van der Waals surface area contributed by atoms with Gasteiger partial charge in [-0.1, -0.05) is 71.8 Å². The van der Waals surface area contributed by atoms with E-state index in [0.29, 0.717) is 24.2 Å². The summed E-state index contributed by atoms with van der Waals surface area (Å²) < 4.78 is 11.6. The van der Waals surface area contributed by atoms with Crippen LogP contribution in [0.3, 0.4) is 0 Å². The molecule has 1 aliphatic heterocycles. The lowest BCUT2D eigenvalue weighted by Gasteiger charge is -2.37. The average Bonchev–Trinajstić information content (AvgIpc) is 3.46. The first kappa shape index (κ1) is 25.0. The van der Waals surface area contributed by atoms with E-state index < -0.39 is 0 Å². The summed E-state index contributed by atoms with van der Waals surface area (Å²) in [7, 11) is 1.66. The molecule has 1 aliphatic carbocycles. The van der Waals surface area contributed by atoms with Crippen molar-refractivity contribution in [1.29, 1.82) is 0 Å². The van der Waals surface area contributed by atoms with Gasteiger partial charge in [0.2, 0.25) is 0 Å². The number of hydrogen-bond acceptors (Lipinski definition) is 4. The lowest BCUT2D eigenvalue weighted by atomic mass is 9.76. The maximum absolute atomic E-state index is 6.02. The maximum Gasteiger partial charge on any atom is 0.161 e. The van der Waals surface area contributed by atoms with Crippen molar-refractivity contribution < 1.29 is 9.47 Å². The van der Waals surface area contributed by atoms with Gasteiger partial charge in [0, 0.05) is 17.8 Å². The summed E-state index contributed by atoms with van der Waals surface area (Å²) in [6.45, 7) is 4.75. The zero-order chi connectivity index (χ0) is 26.8. The number of ether oxygens (including phenoxy) is 2. The smallest absolute Gasteiger partial charge is 0.161 e. The van der Waals surface area contributed by atoms with E-state index >= 15 is 0 Å². The van der Waals surface area contributed by atoms with Gasteiger partial charge >= 0.3 is 0 Å². The fraction of sp³-hybridized carbons (Fsp3) is 0.229. The Kier molecular flexibility index (Phi) is 6.93. The Morgan fingerprint density at radius 2 is 1.67 bits per heavy atom. The lowest BCUT2D eigenvalue weighted by Crippen LogP contribution is -2.29. The Morgan fingerprint density at radius 1 is 0.872 bits per heavy atom. The van der Waals surface area contributed by atoms with E-state index in [1.165, 1.54) is 27.9 Å². The number of fused-ring (bicyclic) bond motifs is 3. The van der Waals surface area contributed by atoms with Gasteiger partial charge in [-0.3, -0.25) is 4.99 Å². The van der Waals surface area contributed by atoms with Crippen molar-refractivity contribution in [2.45, 2.75) is 38.8 Å². The molecule has 6 rings (SSSR count). The molecule has 196 valence electrons. The van der Waals surface area contributed by atoms with Gasteiger partial charge in [0.25, 0.3) is 0 Å². The number of methoxy groups -OCH3 is 1. The van der Waals surface area contributed by atoms with Gasteiger partial charge in [-0.2, -0.15) is 0 Å². The number of benzene rings is 4. The summed E-state index contributed by atoms with van der Waals surface area (Å²) in [5, 5.41) is 3.83. The minimum absolute atomic E-state index is 0.287. The van der Waals surface area contributed by atoms with Crippen molar-refractivity contribution in [3.05, 3.63) is 130 Å². The number of anilines is 1. The molecule has 4 aromatic carbocycles. The monoisotopic (exact) mass is 514 g/mol. The number of aryl methyl sites for hydroxylation is 2. The fourth-order valence-corrected chi connectivity index (χ4v) is 5.69. The molecule has 0 aromatic heterocycles. The van der Waals surface area contributed by atoms with E-state index in [1.807, 2.05) is 24.4 Å². The topological polar surface area (TPSA) is 42.8 Å². The standard InChI is InChI=1S/C35H34N2O2/c1-23-7-10-25(11-8-23)22-39-33-18-12-26(20-34(33)38-3)21-36-28-15-13-27(14-16-28)35-30-6-4-5-29(30)31-19-24(2)9-17-32(31)37-35/h4-5,7-21,29-30,35,37H,6,22H2,1-3H3/t29-,30+,35+/m1/s1. The summed E-state index contributed by atoms with van der Waals surface area (Å²) in [4.78, 5) is 4.73. The highest BCUT2D eigenvalue weighted by molar-refractivity contribution is 5.83. The molecule has 4 aromatic rings.